The molecule has 2 aromatic carbocycles. The number of aliphatic hydroxyl groups is 1. The molecule has 2 N–H and O–H groups in total. The van der Waals surface area contributed by atoms with Crippen LogP contribution in [0.25, 0.3) is 0 Å². The van der Waals surface area contributed by atoms with E-state index in [1.807, 2.05) is 11.0 Å². The Bertz CT molecular complexity index is 786. The van der Waals surface area contributed by atoms with Crippen LogP contribution in [0.5, 0.6) is 0 Å². The van der Waals surface area contributed by atoms with Gasteiger partial charge >= 0.3 is 6.03 Å². The summed E-state index contributed by atoms with van der Waals surface area (Å²) in [5, 5.41) is 11.9. The molecule has 1 atom stereocenters. The van der Waals surface area contributed by atoms with Gasteiger partial charge in [-0.25, -0.2) is 9.18 Å². The van der Waals surface area contributed by atoms with E-state index in [0.717, 1.165) is 19.4 Å². The lowest BCUT2D eigenvalue weighted by Gasteiger charge is -2.28. The predicted octanol–water partition coefficient (Wildman–Crippen LogP) is 3.98. The Morgan fingerprint density at radius 2 is 2.00 bits per heavy atom. The highest BCUT2D eigenvalue weighted by molar-refractivity contribution is 5.75. The zero-order chi connectivity index (χ0) is 18.7. The van der Waals surface area contributed by atoms with E-state index in [2.05, 4.69) is 31.3 Å². The molecule has 1 fully saturated rings. The molecule has 26 heavy (non-hydrogen) atoms. The number of amides is 2. The molecule has 1 aliphatic rings. The molecule has 5 heteroatoms. The Labute approximate surface area is 153 Å². The summed E-state index contributed by atoms with van der Waals surface area (Å²) >= 11 is 0. The van der Waals surface area contributed by atoms with Crippen LogP contribution in [-0.4, -0.2) is 22.6 Å². The Morgan fingerprint density at radius 1 is 1.27 bits per heavy atom. The van der Waals surface area contributed by atoms with Gasteiger partial charge in [0.15, 0.2) is 0 Å². The fourth-order valence-electron chi connectivity index (χ4n) is 3.77. The van der Waals surface area contributed by atoms with Gasteiger partial charge in [0.25, 0.3) is 0 Å². The van der Waals surface area contributed by atoms with Crippen molar-refractivity contribution in [2.45, 2.75) is 45.9 Å². The Morgan fingerprint density at radius 3 is 2.65 bits per heavy atom. The molecule has 1 aliphatic heterocycles. The molecule has 0 bridgehead atoms. The van der Waals surface area contributed by atoms with Crippen LogP contribution < -0.4 is 5.32 Å². The van der Waals surface area contributed by atoms with E-state index in [4.69, 9.17) is 5.11 Å². The summed E-state index contributed by atoms with van der Waals surface area (Å²) < 4.78 is 13.8. The Hall–Kier alpha value is -2.40. The van der Waals surface area contributed by atoms with Crippen LogP contribution >= 0.6 is 0 Å². The molecule has 138 valence electrons. The second-order valence-electron chi connectivity index (χ2n) is 6.90. The van der Waals surface area contributed by atoms with Crippen LogP contribution in [-0.2, 0) is 13.2 Å². The van der Waals surface area contributed by atoms with Crippen molar-refractivity contribution >= 4 is 6.03 Å². The fraction of sp³-hybridized carbons (Fsp3) is 0.381. The third-order valence-electron chi connectivity index (χ3n) is 5.12. The van der Waals surface area contributed by atoms with Gasteiger partial charge in [0.1, 0.15) is 5.82 Å². The number of benzene rings is 2. The van der Waals surface area contributed by atoms with Crippen LogP contribution in [0, 0.1) is 19.7 Å². The number of carbonyl (C=O) groups excluding carboxylic acids is 1. The normalized spacial score (nSPS) is 16.8. The van der Waals surface area contributed by atoms with Gasteiger partial charge in [0.2, 0.25) is 0 Å². The lowest BCUT2D eigenvalue weighted by Crippen LogP contribution is -2.39. The van der Waals surface area contributed by atoms with Gasteiger partial charge < -0.3 is 15.3 Å². The topological polar surface area (TPSA) is 52.6 Å². The van der Waals surface area contributed by atoms with E-state index >= 15 is 0 Å². The first-order valence-electron chi connectivity index (χ1n) is 9.00. The summed E-state index contributed by atoms with van der Waals surface area (Å²) in [4.78, 5) is 14.6. The minimum atomic E-state index is -0.450. The van der Waals surface area contributed by atoms with Crippen LogP contribution in [0.3, 0.4) is 0 Å². The summed E-state index contributed by atoms with van der Waals surface area (Å²) in [5.41, 5.74) is 4.58. The number of rotatable bonds is 4. The molecule has 4 nitrogen and oxygen atoms in total. The monoisotopic (exact) mass is 356 g/mol. The lowest BCUT2D eigenvalue weighted by atomic mass is 9.94. The zero-order valence-corrected chi connectivity index (χ0v) is 15.3. The van der Waals surface area contributed by atoms with Crippen LogP contribution in [0.4, 0.5) is 9.18 Å². The van der Waals surface area contributed by atoms with Crippen molar-refractivity contribution in [3.05, 3.63) is 70.0 Å². The SMILES string of the molecule is Cc1cccc(C)c1C1CCCN1C(=O)NCc1ccc(CO)c(F)c1. The van der Waals surface area contributed by atoms with Crippen molar-refractivity contribution in [1.29, 1.82) is 0 Å². The first kappa shape index (κ1) is 18.4. The number of carbonyl (C=O) groups is 1. The minimum absolute atomic E-state index is 0.0877. The Kier molecular flexibility index (Phi) is 5.57. The van der Waals surface area contributed by atoms with Crippen molar-refractivity contribution in [3.8, 4) is 0 Å². The molecule has 1 heterocycles. The van der Waals surface area contributed by atoms with E-state index in [1.54, 1.807) is 12.1 Å². The van der Waals surface area contributed by atoms with Crippen LogP contribution in [0.2, 0.25) is 0 Å². The molecule has 0 radical (unpaired) electrons. The molecular weight excluding hydrogens is 331 g/mol. The first-order valence-corrected chi connectivity index (χ1v) is 9.00. The predicted molar refractivity (Wildman–Crippen MR) is 99.2 cm³/mol. The average molecular weight is 356 g/mol. The van der Waals surface area contributed by atoms with E-state index in [9.17, 15) is 9.18 Å². The molecule has 0 saturated carbocycles. The number of likely N-dealkylation sites (tertiary alicyclic amines) is 1. The molecule has 0 aromatic heterocycles. The van der Waals surface area contributed by atoms with Crippen LogP contribution in [0.1, 0.15) is 46.7 Å². The maximum Gasteiger partial charge on any atom is 0.318 e. The maximum absolute atomic E-state index is 13.8. The highest BCUT2D eigenvalue weighted by Crippen LogP contribution is 2.35. The van der Waals surface area contributed by atoms with Crippen molar-refractivity contribution in [2.75, 3.05) is 6.54 Å². The first-order chi connectivity index (χ1) is 12.5. The summed E-state index contributed by atoms with van der Waals surface area (Å²) in [7, 11) is 0. The number of hydrogen-bond acceptors (Lipinski definition) is 2. The zero-order valence-electron chi connectivity index (χ0n) is 15.3. The number of aryl methyl sites for hydroxylation is 2. The van der Waals surface area contributed by atoms with Gasteiger partial charge in [-0.15, -0.1) is 0 Å². The summed E-state index contributed by atoms with van der Waals surface area (Å²) in [6.45, 7) is 4.83. The standard InChI is InChI=1S/C21H25FN2O2/c1-14-5-3-6-15(2)20(14)19-7-4-10-24(19)21(26)23-12-16-8-9-17(13-25)18(22)11-16/h3,5-6,8-9,11,19,25H,4,7,10,12-13H2,1-2H3,(H,23,26). The summed E-state index contributed by atoms with van der Waals surface area (Å²) in [5.74, 6) is -0.450. The van der Waals surface area contributed by atoms with Gasteiger partial charge in [-0.1, -0.05) is 30.3 Å². The molecule has 2 amide bonds. The largest absolute Gasteiger partial charge is 0.392 e. The fourth-order valence-corrected chi connectivity index (χ4v) is 3.77. The second kappa shape index (κ2) is 7.87. The quantitative estimate of drug-likeness (QED) is 0.871. The number of nitrogens with one attached hydrogen (secondary N) is 1. The minimum Gasteiger partial charge on any atom is -0.392 e. The lowest BCUT2D eigenvalue weighted by molar-refractivity contribution is 0.192. The number of halogens is 1. The summed E-state index contributed by atoms with van der Waals surface area (Å²) in [6, 6.07) is 10.8. The van der Waals surface area contributed by atoms with Crippen molar-refractivity contribution in [2.24, 2.45) is 0 Å². The van der Waals surface area contributed by atoms with Gasteiger partial charge in [-0.3, -0.25) is 0 Å². The molecule has 1 unspecified atom stereocenters. The van der Waals surface area contributed by atoms with Gasteiger partial charge in [0, 0.05) is 18.7 Å². The number of aliphatic hydroxyl groups excluding tert-OH is 1. The van der Waals surface area contributed by atoms with E-state index in [-0.39, 0.29) is 30.8 Å². The van der Waals surface area contributed by atoms with E-state index in [0.29, 0.717) is 5.56 Å². The molecule has 2 aromatic rings. The third kappa shape index (κ3) is 3.73. The average Bonchev–Trinajstić information content (AvgIpc) is 3.09. The molecule has 3 rings (SSSR count). The maximum atomic E-state index is 13.8. The number of hydrogen-bond donors (Lipinski definition) is 2. The van der Waals surface area contributed by atoms with Crippen molar-refractivity contribution < 1.29 is 14.3 Å². The van der Waals surface area contributed by atoms with E-state index in [1.165, 1.54) is 22.8 Å². The highest BCUT2D eigenvalue weighted by atomic mass is 19.1. The van der Waals surface area contributed by atoms with Gasteiger partial charge in [-0.05, 0) is 55.0 Å². The van der Waals surface area contributed by atoms with Crippen molar-refractivity contribution in [3.63, 3.8) is 0 Å². The van der Waals surface area contributed by atoms with E-state index < -0.39 is 5.82 Å². The Balaban J connectivity index is 1.70. The second-order valence-corrected chi connectivity index (χ2v) is 6.90. The molecule has 1 saturated heterocycles. The highest BCUT2D eigenvalue weighted by Gasteiger charge is 2.31. The molecule has 0 spiro atoms. The number of urea groups is 1. The molecule has 0 aliphatic carbocycles. The number of nitrogens with zero attached hydrogens (tertiary/aromatic N) is 1. The van der Waals surface area contributed by atoms with Gasteiger partial charge in [-0.2, -0.15) is 0 Å². The molecular formula is C21H25FN2O2. The van der Waals surface area contributed by atoms with Crippen LogP contribution in [0.15, 0.2) is 36.4 Å². The summed E-state index contributed by atoms with van der Waals surface area (Å²) in [6.07, 6.45) is 1.94. The van der Waals surface area contributed by atoms with Gasteiger partial charge in [0.05, 0.1) is 12.6 Å². The van der Waals surface area contributed by atoms with Crippen molar-refractivity contribution in [1.82, 2.24) is 10.2 Å². The third-order valence-corrected chi connectivity index (χ3v) is 5.12. The smallest absolute Gasteiger partial charge is 0.318 e.